The lowest BCUT2D eigenvalue weighted by Gasteiger charge is -2.38. The summed E-state index contributed by atoms with van der Waals surface area (Å²) in [4.78, 5) is 14.6. The topological polar surface area (TPSA) is 65.5 Å². The molecular formula is C28H40N6OS. The summed E-state index contributed by atoms with van der Waals surface area (Å²) in [5, 5.41) is 7.41. The predicted octanol–water partition coefficient (Wildman–Crippen LogP) is 4.74. The summed E-state index contributed by atoms with van der Waals surface area (Å²) >= 11 is 5.76. The quantitative estimate of drug-likeness (QED) is 0.543. The molecule has 0 spiro atoms. The summed E-state index contributed by atoms with van der Waals surface area (Å²) in [6.07, 6.45) is 8.10. The molecule has 8 heteroatoms. The molecule has 1 aromatic heterocycles. The van der Waals surface area contributed by atoms with Crippen molar-refractivity contribution in [3.63, 3.8) is 0 Å². The molecule has 0 aliphatic carbocycles. The second kappa shape index (κ2) is 11.7. The first-order valence-electron chi connectivity index (χ1n) is 13.7. The van der Waals surface area contributed by atoms with Gasteiger partial charge < -0.3 is 25.2 Å². The Hall–Kier alpha value is -2.45. The molecule has 1 aromatic carbocycles. The van der Waals surface area contributed by atoms with Crippen LogP contribution in [0.15, 0.2) is 36.4 Å². The Balaban J connectivity index is 1.31. The van der Waals surface area contributed by atoms with Crippen molar-refractivity contribution in [2.24, 2.45) is 5.92 Å². The van der Waals surface area contributed by atoms with Crippen molar-refractivity contribution in [3.8, 4) is 0 Å². The fourth-order valence-electron chi connectivity index (χ4n) is 5.68. The Morgan fingerprint density at radius 1 is 0.972 bits per heavy atom. The minimum Gasteiger partial charge on any atom is -0.381 e. The molecule has 0 amide bonds. The number of aromatic nitrogens is 2. The van der Waals surface area contributed by atoms with Gasteiger partial charge >= 0.3 is 0 Å². The Kier molecular flexibility index (Phi) is 8.22. The number of nitrogens with zero attached hydrogens (tertiary/aromatic N) is 4. The van der Waals surface area contributed by atoms with Gasteiger partial charge in [-0.05, 0) is 68.6 Å². The third-order valence-corrected chi connectivity index (χ3v) is 8.38. The van der Waals surface area contributed by atoms with Crippen molar-refractivity contribution < 1.29 is 4.74 Å². The zero-order chi connectivity index (χ0) is 24.8. The molecule has 3 aliphatic heterocycles. The summed E-state index contributed by atoms with van der Waals surface area (Å²) in [6.45, 7) is 8.84. The average molecular weight is 509 g/mol. The van der Waals surface area contributed by atoms with Gasteiger partial charge in [0.25, 0.3) is 0 Å². The number of ether oxygens (including phenoxy) is 1. The number of hydrogen-bond acceptors (Lipinski definition) is 6. The molecular weight excluding hydrogens is 468 g/mol. The molecule has 0 radical (unpaired) electrons. The van der Waals surface area contributed by atoms with E-state index < -0.39 is 0 Å². The number of benzene rings is 1. The van der Waals surface area contributed by atoms with Gasteiger partial charge in [0.15, 0.2) is 5.11 Å². The molecule has 0 saturated carbocycles. The fourth-order valence-corrected chi connectivity index (χ4v) is 5.84. The van der Waals surface area contributed by atoms with E-state index in [1.807, 2.05) is 0 Å². The fraction of sp³-hybridized carbons (Fsp3) is 0.607. The number of piperidine rings is 2. The molecule has 3 saturated heterocycles. The molecule has 0 atom stereocenters. The molecule has 7 nitrogen and oxygen atoms in total. The van der Waals surface area contributed by atoms with Crippen LogP contribution in [0.2, 0.25) is 0 Å². The van der Waals surface area contributed by atoms with Crippen molar-refractivity contribution in [1.29, 1.82) is 0 Å². The number of anilines is 3. The van der Waals surface area contributed by atoms with Crippen LogP contribution in [0.3, 0.4) is 0 Å². The standard InChI is InChI=1S/C28H40N6OS/c1-22-10-16-34(17-11-22)25-20-24(33-14-6-3-7-15-33)30-26(31-25)32-27(36)29-21-28(12-18-35-19-13-28)23-8-4-2-5-9-23/h2,4-5,8-9,20,22H,3,6-7,10-19,21H2,1H3,(H2,29,30,31,32,36). The molecule has 0 unspecified atom stereocenters. The van der Waals surface area contributed by atoms with E-state index in [0.29, 0.717) is 11.1 Å². The van der Waals surface area contributed by atoms with Crippen LogP contribution < -0.4 is 20.4 Å². The number of thiocarbonyl (C=S) groups is 1. The lowest BCUT2D eigenvalue weighted by molar-refractivity contribution is 0.0515. The first kappa shape index (κ1) is 25.2. The Labute approximate surface area is 221 Å². The van der Waals surface area contributed by atoms with Gasteiger partial charge in [0, 0.05) is 57.4 Å². The van der Waals surface area contributed by atoms with E-state index in [9.17, 15) is 0 Å². The van der Waals surface area contributed by atoms with E-state index in [1.165, 1.54) is 37.7 Å². The monoisotopic (exact) mass is 508 g/mol. The van der Waals surface area contributed by atoms with Gasteiger partial charge in [-0.1, -0.05) is 37.3 Å². The Morgan fingerprint density at radius 2 is 1.61 bits per heavy atom. The first-order valence-corrected chi connectivity index (χ1v) is 14.1. The molecule has 3 aliphatic rings. The van der Waals surface area contributed by atoms with Crippen LogP contribution in [-0.2, 0) is 10.2 Å². The normalized spacial score (nSPS) is 20.7. The minimum atomic E-state index is 0.0113. The van der Waals surface area contributed by atoms with Crippen molar-refractivity contribution in [3.05, 3.63) is 42.0 Å². The maximum atomic E-state index is 5.76. The van der Waals surface area contributed by atoms with E-state index >= 15 is 0 Å². The molecule has 36 heavy (non-hydrogen) atoms. The van der Waals surface area contributed by atoms with E-state index in [2.05, 4.69) is 63.8 Å². The molecule has 2 N–H and O–H groups in total. The molecule has 0 bridgehead atoms. The van der Waals surface area contributed by atoms with Crippen LogP contribution in [0.25, 0.3) is 0 Å². The molecule has 3 fully saturated rings. The van der Waals surface area contributed by atoms with Crippen LogP contribution >= 0.6 is 12.2 Å². The predicted molar refractivity (Wildman–Crippen MR) is 151 cm³/mol. The lowest BCUT2D eigenvalue weighted by atomic mass is 9.74. The largest absolute Gasteiger partial charge is 0.381 e. The molecule has 5 rings (SSSR count). The van der Waals surface area contributed by atoms with Gasteiger partial charge in [-0.2, -0.15) is 9.97 Å². The lowest BCUT2D eigenvalue weighted by Crippen LogP contribution is -2.45. The SMILES string of the molecule is CC1CCN(c2cc(N3CCCCC3)nc(NC(=S)NCC3(c4ccccc4)CCOCC3)n2)CC1. The smallest absolute Gasteiger partial charge is 0.232 e. The average Bonchev–Trinajstić information content (AvgIpc) is 2.94. The van der Waals surface area contributed by atoms with Gasteiger partial charge in [0.2, 0.25) is 5.95 Å². The van der Waals surface area contributed by atoms with Crippen molar-refractivity contribution in [1.82, 2.24) is 15.3 Å². The molecule has 2 aromatic rings. The first-order chi connectivity index (χ1) is 17.6. The van der Waals surface area contributed by atoms with Crippen molar-refractivity contribution in [2.75, 3.05) is 61.1 Å². The molecule has 4 heterocycles. The third kappa shape index (κ3) is 6.09. The van der Waals surface area contributed by atoms with E-state index in [1.54, 1.807) is 0 Å². The summed E-state index contributed by atoms with van der Waals surface area (Å²) < 4.78 is 5.69. The highest BCUT2D eigenvalue weighted by atomic mass is 32.1. The van der Waals surface area contributed by atoms with Gasteiger partial charge in [-0.25, -0.2) is 0 Å². The van der Waals surface area contributed by atoms with E-state index in [-0.39, 0.29) is 5.41 Å². The highest BCUT2D eigenvalue weighted by Gasteiger charge is 2.34. The zero-order valence-corrected chi connectivity index (χ0v) is 22.4. The third-order valence-electron chi connectivity index (χ3n) is 8.14. The highest BCUT2D eigenvalue weighted by Crippen LogP contribution is 2.34. The van der Waals surface area contributed by atoms with Crippen LogP contribution in [0.1, 0.15) is 57.4 Å². The number of nitrogens with one attached hydrogen (secondary N) is 2. The van der Waals surface area contributed by atoms with E-state index in [4.69, 9.17) is 26.9 Å². The summed E-state index contributed by atoms with van der Waals surface area (Å²) in [5.74, 6) is 3.38. The van der Waals surface area contributed by atoms with Crippen molar-refractivity contribution in [2.45, 2.75) is 57.3 Å². The second-order valence-electron chi connectivity index (χ2n) is 10.7. The second-order valence-corrected chi connectivity index (χ2v) is 11.1. The molecule has 194 valence electrons. The minimum absolute atomic E-state index is 0.0113. The maximum absolute atomic E-state index is 5.76. The summed E-state index contributed by atoms with van der Waals surface area (Å²) in [5.41, 5.74) is 1.35. The number of hydrogen-bond donors (Lipinski definition) is 2. The van der Waals surface area contributed by atoms with Crippen LogP contribution in [0.5, 0.6) is 0 Å². The summed E-state index contributed by atoms with van der Waals surface area (Å²) in [7, 11) is 0. The maximum Gasteiger partial charge on any atom is 0.232 e. The van der Waals surface area contributed by atoms with Crippen LogP contribution in [-0.4, -0.2) is 61.0 Å². The van der Waals surface area contributed by atoms with E-state index in [0.717, 1.165) is 76.3 Å². The Bertz CT molecular complexity index is 998. The van der Waals surface area contributed by atoms with Gasteiger partial charge in [-0.15, -0.1) is 0 Å². The summed E-state index contributed by atoms with van der Waals surface area (Å²) in [6, 6.07) is 12.9. The van der Waals surface area contributed by atoms with Gasteiger partial charge in [-0.3, -0.25) is 0 Å². The van der Waals surface area contributed by atoms with Crippen molar-refractivity contribution >= 4 is 34.9 Å². The highest BCUT2D eigenvalue weighted by molar-refractivity contribution is 7.80. The van der Waals surface area contributed by atoms with Crippen LogP contribution in [0, 0.1) is 5.92 Å². The van der Waals surface area contributed by atoms with Crippen LogP contribution in [0.4, 0.5) is 17.6 Å². The number of rotatable bonds is 6. The van der Waals surface area contributed by atoms with Gasteiger partial charge in [0.05, 0.1) is 0 Å². The van der Waals surface area contributed by atoms with Gasteiger partial charge in [0.1, 0.15) is 11.6 Å². The Morgan fingerprint density at radius 3 is 2.28 bits per heavy atom. The zero-order valence-electron chi connectivity index (χ0n) is 21.5.